The number of carbonyl (C=O) groups excluding carboxylic acids is 2. The lowest BCUT2D eigenvalue weighted by atomic mass is 10.1. The number of amides is 2. The molecule has 0 bridgehead atoms. The summed E-state index contributed by atoms with van der Waals surface area (Å²) in [6.45, 7) is 5.14. The van der Waals surface area contributed by atoms with Crippen molar-refractivity contribution < 1.29 is 18.0 Å². The van der Waals surface area contributed by atoms with E-state index in [9.17, 15) is 18.0 Å². The van der Waals surface area contributed by atoms with E-state index in [0.29, 0.717) is 5.69 Å². The third-order valence-corrected chi connectivity index (χ3v) is 8.17. The van der Waals surface area contributed by atoms with Crippen LogP contribution in [0.15, 0.2) is 82.2 Å². The lowest BCUT2D eigenvalue weighted by Gasteiger charge is -2.32. The molecule has 0 aliphatic carbocycles. The molecule has 0 spiro atoms. The molecule has 2 amide bonds. The van der Waals surface area contributed by atoms with Crippen LogP contribution in [0.4, 0.5) is 5.69 Å². The highest BCUT2D eigenvalue weighted by Crippen LogP contribution is 2.26. The van der Waals surface area contributed by atoms with Crippen molar-refractivity contribution in [1.82, 2.24) is 10.2 Å². The van der Waals surface area contributed by atoms with Crippen LogP contribution in [0.5, 0.6) is 0 Å². The minimum Gasteiger partial charge on any atom is -0.357 e. The van der Waals surface area contributed by atoms with Gasteiger partial charge in [0, 0.05) is 18.1 Å². The van der Waals surface area contributed by atoms with Crippen molar-refractivity contribution in [3.63, 3.8) is 0 Å². The maximum Gasteiger partial charge on any atom is 0.264 e. The van der Waals surface area contributed by atoms with Crippen LogP contribution in [-0.4, -0.2) is 44.8 Å². The molecular formula is C27H30BrN3O4S. The average molecular weight is 573 g/mol. The van der Waals surface area contributed by atoms with Crippen LogP contribution in [0.3, 0.4) is 0 Å². The van der Waals surface area contributed by atoms with E-state index < -0.39 is 28.5 Å². The summed E-state index contributed by atoms with van der Waals surface area (Å²) in [7, 11) is -2.57. The summed E-state index contributed by atoms with van der Waals surface area (Å²) in [5, 5.41) is 2.58. The van der Waals surface area contributed by atoms with Gasteiger partial charge < -0.3 is 10.2 Å². The first kappa shape index (κ1) is 27.4. The largest absolute Gasteiger partial charge is 0.357 e. The van der Waals surface area contributed by atoms with Gasteiger partial charge in [0.2, 0.25) is 11.8 Å². The molecule has 190 valence electrons. The highest BCUT2D eigenvalue weighted by atomic mass is 79.9. The Hall–Kier alpha value is -3.17. The van der Waals surface area contributed by atoms with Crippen molar-refractivity contribution >= 4 is 43.5 Å². The smallest absolute Gasteiger partial charge is 0.264 e. The third-order valence-electron chi connectivity index (χ3n) is 5.85. The molecule has 0 aliphatic rings. The number of halogens is 1. The van der Waals surface area contributed by atoms with Gasteiger partial charge >= 0.3 is 0 Å². The Morgan fingerprint density at radius 2 is 1.58 bits per heavy atom. The Morgan fingerprint density at radius 1 is 0.944 bits per heavy atom. The lowest BCUT2D eigenvalue weighted by Crippen LogP contribution is -2.50. The fraction of sp³-hybridized carbons (Fsp3) is 0.259. The van der Waals surface area contributed by atoms with Crippen LogP contribution in [0, 0.1) is 13.8 Å². The zero-order valence-corrected chi connectivity index (χ0v) is 23.1. The minimum atomic E-state index is -4.07. The first-order valence-corrected chi connectivity index (χ1v) is 13.7. The van der Waals surface area contributed by atoms with Crippen molar-refractivity contribution in [2.24, 2.45) is 0 Å². The van der Waals surface area contributed by atoms with Crippen molar-refractivity contribution in [1.29, 1.82) is 0 Å². The average Bonchev–Trinajstić information content (AvgIpc) is 2.85. The van der Waals surface area contributed by atoms with Crippen LogP contribution >= 0.6 is 15.9 Å². The molecular weight excluding hydrogens is 542 g/mol. The topological polar surface area (TPSA) is 86.8 Å². The zero-order chi connectivity index (χ0) is 26.5. The second-order valence-electron chi connectivity index (χ2n) is 8.60. The maximum absolute atomic E-state index is 13.7. The molecule has 3 aromatic carbocycles. The van der Waals surface area contributed by atoms with Crippen LogP contribution in [0.2, 0.25) is 0 Å². The second kappa shape index (κ2) is 11.7. The molecule has 7 nitrogen and oxygen atoms in total. The van der Waals surface area contributed by atoms with Gasteiger partial charge in [-0.25, -0.2) is 8.42 Å². The summed E-state index contributed by atoms with van der Waals surface area (Å²) in [6, 6.07) is 20.0. The highest BCUT2D eigenvalue weighted by Gasteiger charge is 2.32. The van der Waals surface area contributed by atoms with E-state index in [4.69, 9.17) is 0 Å². The van der Waals surface area contributed by atoms with Crippen molar-refractivity contribution in [2.45, 2.75) is 38.3 Å². The molecule has 0 fully saturated rings. The summed E-state index contributed by atoms with van der Waals surface area (Å²) in [5.41, 5.74) is 3.13. The summed E-state index contributed by atoms with van der Waals surface area (Å²) in [5.74, 6) is -0.834. The van der Waals surface area contributed by atoms with Gasteiger partial charge in [0.05, 0.1) is 10.6 Å². The minimum absolute atomic E-state index is 0.0772. The van der Waals surface area contributed by atoms with E-state index in [2.05, 4.69) is 21.2 Å². The van der Waals surface area contributed by atoms with E-state index >= 15 is 0 Å². The van der Waals surface area contributed by atoms with E-state index in [1.807, 2.05) is 38.1 Å². The van der Waals surface area contributed by atoms with Crippen LogP contribution in [0.1, 0.15) is 23.6 Å². The number of sulfonamides is 1. The molecule has 0 saturated carbocycles. The molecule has 0 radical (unpaired) electrons. The van der Waals surface area contributed by atoms with Gasteiger partial charge in [-0.05, 0) is 62.7 Å². The number of nitrogens with one attached hydrogen (secondary N) is 1. The van der Waals surface area contributed by atoms with Gasteiger partial charge in [0.25, 0.3) is 10.0 Å². The number of likely N-dealkylation sites (N-methyl/N-ethyl adjacent to an activating group) is 1. The van der Waals surface area contributed by atoms with Gasteiger partial charge in [-0.3, -0.25) is 13.9 Å². The third kappa shape index (κ3) is 6.53. The Labute approximate surface area is 221 Å². The number of nitrogens with zero attached hydrogens (tertiary/aromatic N) is 2. The fourth-order valence-corrected chi connectivity index (χ4v) is 5.45. The number of hydrogen-bond donors (Lipinski definition) is 1. The van der Waals surface area contributed by atoms with Gasteiger partial charge in [-0.2, -0.15) is 0 Å². The Morgan fingerprint density at radius 3 is 2.17 bits per heavy atom. The Kier molecular flexibility index (Phi) is 8.92. The molecule has 36 heavy (non-hydrogen) atoms. The molecule has 0 heterocycles. The maximum atomic E-state index is 13.7. The molecule has 3 rings (SSSR count). The first-order valence-electron chi connectivity index (χ1n) is 11.4. The predicted molar refractivity (Wildman–Crippen MR) is 145 cm³/mol. The SMILES string of the molecule is CNC(=O)C(C)N(Cc1cccc(C)c1)C(=O)CN(c1ccc(Br)cc1)S(=O)(=O)c1ccc(C)cc1. The number of carbonyl (C=O) groups is 2. The molecule has 1 unspecified atom stereocenters. The van der Waals surface area contributed by atoms with Crippen molar-refractivity contribution in [3.05, 3.63) is 94.0 Å². The predicted octanol–water partition coefficient (Wildman–Crippen LogP) is 4.42. The monoisotopic (exact) mass is 571 g/mol. The molecule has 3 aromatic rings. The lowest BCUT2D eigenvalue weighted by molar-refractivity contribution is -0.139. The molecule has 1 N–H and O–H groups in total. The fourth-order valence-electron chi connectivity index (χ4n) is 3.77. The molecule has 1 atom stereocenters. The van der Waals surface area contributed by atoms with E-state index in [1.54, 1.807) is 43.3 Å². The number of aryl methyl sites for hydroxylation is 2. The van der Waals surface area contributed by atoms with Crippen LogP contribution < -0.4 is 9.62 Å². The second-order valence-corrected chi connectivity index (χ2v) is 11.4. The molecule has 9 heteroatoms. The molecule has 0 saturated heterocycles. The summed E-state index contributed by atoms with van der Waals surface area (Å²) >= 11 is 3.37. The van der Waals surface area contributed by atoms with E-state index in [1.165, 1.54) is 24.1 Å². The number of anilines is 1. The van der Waals surface area contributed by atoms with Crippen molar-refractivity contribution in [2.75, 3.05) is 17.9 Å². The number of benzene rings is 3. The molecule has 0 aromatic heterocycles. The van der Waals surface area contributed by atoms with Gasteiger partial charge in [0.1, 0.15) is 12.6 Å². The van der Waals surface area contributed by atoms with Gasteiger partial charge in [-0.1, -0.05) is 63.5 Å². The number of rotatable bonds is 9. The quantitative estimate of drug-likeness (QED) is 0.411. The standard InChI is InChI=1S/C27H30BrN3O4S/c1-19-8-14-25(15-9-19)36(34,35)31(24-12-10-23(28)11-13-24)18-26(32)30(21(3)27(33)29-4)17-22-7-5-6-20(2)16-22/h5-16,21H,17-18H2,1-4H3,(H,29,33). The summed E-state index contributed by atoms with van der Waals surface area (Å²) < 4.78 is 29.3. The van der Waals surface area contributed by atoms with Crippen LogP contribution in [-0.2, 0) is 26.2 Å². The Bertz CT molecular complexity index is 1330. The van der Waals surface area contributed by atoms with Crippen molar-refractivity contribution in [3.8, 4) is 0 Å². The normalized spacial score (nSPS) is 12.0. The first-order chi connectivity index (χ1) is 17.0. The van der Waals surface area contributed by atoms with Crippen LogP contribution in [0.25, 0.3) is 0 Å². The molecule has 0 aliphatic heterocycles. The van der Waals surface area contributed by atoms with E-state index in [0.717, 1.165) is 25.5 Å². The van der Waals surface area contributed by atoms with Gasteiger partial charge in [-0.15, -0.1) is 0 Å². The highest BCUT2D eigenvalue weighted by molar-refractivity contribution is 9.10. The number of hydrogen-bond acceptors (Lipinski definition) is 4. The van der Waals surface area contributed by atoms with Gasteiger partial charge in [0.15, 0.2) is 0 Å². The van der Waals surface area contributed by atoms with E-state index in [-0.39, 0.29) is 17.3 Å². The summed E-state index contributed by atoms with van der Waals surface area (Å²) in [4.78, 5) is 27.7. The Balaban J connectivity index is 2.02. The summed E-state index contributed by atoms with van der Waals surface area (Å²) in [6.07, 6.45) is 0. The zero-order valence-electron chi connectivity index (χ0n) is 20.7.